The van der Waals surface area contributed by atoms with Crippen LogP contribution in [-0.4, -0.2) is 38.7 Å². The maximum atomic E-state index is 12.5. The summed E-state index contributed by atoms with van der Waals surface area (Å²) in [5.74, 6) is 2.10. The van der Waals surface area contributed by atoms with Gasteiger partial charge in [-0.05, 0) is 24.3 Å². The Morgan fingerprint density at radius 1 is 1.15 bits per heavy atom. The molecule has 2 aliphatic rings. The lowest BCUT2D eigenvalue weighted by Gasteiger charge is -2.12. The van der Waals surface area contributed by atoms with Crippen molar-refractivity contribution < 1.29 is 28.6 Å². The Morgan fingerprint density at radius 3 is 2.81 bits per heavy atom. The lowest BCUT2D eigenvalue weighted by molar-refractivity contribution is -0.125. The number of rotatable bonds is 5. The maximum Gasteiger partial charge on any atom is 0.268 e. The first-order chi connectivity index (χ1) is 13.2. The van der Waals surface area contributed by atoms with E-state index in [9.17, 15) is 4.79 Å². The van der Waals surface area contributed by atoms with Gasteiger partial charge >= 0.3 is 0 Å². The van der Waals surface area contributed by atoms with Gasteiger partial charge < -0.3 is 29.1 Å². The second kappa shape index (κ2) is 7.06. The number of methoxy groups -OCH3 is 2. The molecule has 0 aliphatic carbocycles. The minimum absolute atomic E-state index is 0.179. The number of benzene rings is 2. The quantitative estimate of drug-likeness (QED) is 0.870. The molecule has 2 heterocycles. The molecule has 8 heteroatoms. The van der Waals surface area contributed by atoms with E-state index in [1.54, 1.807) is 38.5 Å². The van der Waals surface area contributed by atoms with Crippen molar-refractivity contribution in [1.82, 2.24) is 0 Å². The molecule has 0 saturated carbocycles. The van der Waals surface area contributed by atoms with Crippen LogP contribution in [0.15, 0.2) is 41.6 Å². The topological polar surface area (TPSA) is 87.6 Å². The fourth-order valence-corrected chi connectivity index (χ4v) is 2.99. The maximum absolute atomic E-state index is 12.5. The standard InChI is InChI=1S/C19H18N2O6/c1-23-15-5-3-4-12(18(15)24-2)13-9-17(27-21-13)19(22)20-11-6-7-14-16(8-11)26-10-25-14/h3-8,17H,9-10H2,1-2H3,(H,20,22)/t17-/m1/s1. The van der Waals surface area contributed by atoms with Gasteiger partial charge in [0, 0.05) is 23.7 Å². The van der Waals surface area contributed by atoms with Crippen LogP contribution >= 0.6 is 0 Å². The lowest BCUT2D eigenvalue weighted by Crippen LogP contribution is -2.28. The van der Waals surface area contributed by atoms with Gasteiger partial charge in [0.15, 0.2) is 23.0 Å². The number of hydrogen-bond acceptors (Lipinski definition) is 7. The number of carbonyl (C=O) groups is 1. The highest BCUT2D eigenvalue weighted by atomic mass is 16.7. The summed E-state index contributed by atoms with van der Waals surface area (Å²) in [6, 6.07) is 10.7. The van der Waals surface area contributed by atoms with Crippen LogP contribution in [0.1, 0.15) is 12.0 Å². The van der Waals surface area contributed by atoms with Gasteiger partial charge in [0.2, 0.25) is 12.9 Å². The molecule has 0 aromatic heterocycles. The number of anilines is 1. The van der Waals surface area contributed by atoms with E-state index in [2.05, 4.69) is 10.5 Å². The summed E-state index contributed by atoms with van der Waals surface area (Å²) >= 11 is 0. The Labute approximate surface area is 155 Å². The molecule has 1 amide bonds. The molecule has 0 unspecified atom stereocenters. The van der Waals surface area contributed by atoms with Gasteiger partial charge in [-0.25, -0.2) is 0 Å². The van der Waals surface area contributed by atoms with E-state index >= 15 is 0 Å². The van der Waals surface area contributed by atoms with Crippen molar-refractivity contribution in [3.05, 3.63) is 42.0 Å². The van der Waals surface area contributed by atoms with Crippen molar-refractivity contribution in [3.63, 3.8) is 0 Å². The Morgan fingerprint density at radius 2 is 2.00 bits per heavy atom. The van der Waals surface area contributed by atoms with Gasteiger partial charge in [-0.2, -0.15) is 0 Å². The Hall–Kier alpha value is -3.42. The average Bonchev–Trinajstić information content (AvgIpc) is 3.36. The molecule has 0 radical (unpaired) electrons. The number of carbonyl (C=O) groups excluding carboxylic acids is 1. The van der Waals surface area contributed by atoms with Crippen LogP contribution in [-0.2, 0) is 9.63 Å². The lowest BCUT2D eigenvalue weighted by atomic mass is 10.0. The Kier molecular flexibility index (Phi) is 4.45. The summed E-state index contributed by atoms with van der Waals surface area (Å²) in [6.45, 7) is 0.179. The molecule has 0 fully saturated rings. The fourth-order valence-electron chi connectivity index (χ4n) is 2.99. The van der Waals surface area contributed by atoms with Gasteiger partial charge in [-0.1, -0.05) is 11.2 Å². The van der Waals surface area contributed by atoms with E-state index in [1.165, 1.54) is 0 Å². The van der Waals surface area contributed by atoms with Gasteiger partial charge in [-0.3, -0.25) is 4.79 Å². The summed E-state index contributed by atoms with van der Waals surface area (Å²) in [5.41, 5.74) is 1.95. The first kappa shape index (κ1) is 17.0. The molecule has 27 heavy (non-hydrogen) atoms. The van der Waals surface area contributed by atoms with Crippen LogP contribution in [0.5, 0.6) is 23.0 Å². The predicted octanol–water partition coefficient (Wildman–Crippen LogP) is 2.56. The molecule has 0 spiro atoms. The van der Waals surface area contributed by atoms with Crippen molar-refractivity contribution in [3.8, 4) is 23.0 Å². The SMILES string of the molecule is COc1cccc(C2=NO[C@@H](C(=O)Nc3ccc4c(c3)OCO4)C2)c1OC. The normalized spacial score (nSPS) is 17.1. The number of nitrogens with zero attached hydrogens (tertiary/aromatic N) is 1. The minimum Gasteiger partial charge on any atom is -0.493 e. The van der Waals surface area contributed by atoms with Crippen LogP contribution in [0.25, 0.3) is 0 Å². The number of hydrogen-bond donors (Lipinski definition) is 1. The molecule has 0 saturated heterocycles. The van der Waals surface area contributed by atoms with Crippen molar-refractivity contribution in [2.24, 2.45) is 5.16 Å². The Balaban J connectivity index is 1.45. The van der Waals surface area contributed by atoms with Crippen LogP contribution in [0, 0.1) is 0 Å². The molecule has 8 nitrogen and oxygen atoms in total. The van der Waals surface area contributed by atoms with Crippen LogP contribution in [0.4, 0.5) is 5.69 Å². The molecule has 2 aromatic carbocycles. The molecule has 2 aliphatic heterocycles. The number of fused-ring (bicyclic) bond motifs is 1. The smallest absolute Gasteiger partial charge is 0.268 e. The first-order valence-corrected chi connectivity index (χ1v) is 8.34. The fraction of sp³-hybridized carbons (Fsp3) is 0.263. The largest absolute Gasteiger partial charge is 0.493 e. The van der Waals surface area contributed by atoms with Crippen molar-refractivity contribution >= 4 is 17.3 Å². The predicted molar refractivity (Wildman–Crippen MR) is 96.8 cm³/mol. The van der Waals surface area contributed by atoms with Gasteiger partial charge in [0.25, 0.3) is 5.91 Å². The van der Waals surface area contributed by atoms with E-state index in [0.29, 0.717) is 40.8 Å². The van der Waals surface area contributed by atoms with Gasteiger partial charge in [-0.15, -0.1) is 0 Å². The van der Waals surface area contributed by atoms with E-state index in [0.717, 1.165) is 5.56 Å². The second-order valence-corrected chi connectivity index (χ2v) is 5.93. The van der Waals surface area contributed by atoms with Gasteiger partial charge in [0.1, 0.15) is 0 Å². The van der Waals surface area contributed by atoms with Crippen molar-refractivity contribution in [2.45, 2.75) is 12.5 Å². The molecule has 1 N–H and O–H groups in total. The molecule has 1 atom stereocenters. The van der Waals surface area contributed by atoms with Crippen molar-refractivity contribution in [2.75, 3.05) is 26.3 Å². The highest BCUT2D eigenvalue weighted by molar-refractivity contribution is 6.08. The zero-order valence-corrected chi connectivity index (χ0v) is 14.9. The molecular formula is C19H18N2O6. The number of para-hydroxylation sites is 1. The number of amides is 1. The third-order valence-corrected chi connectivity index (χ3v) is 4.32. The number of nitrogens with one attached hydrogen (secondary N) is 1. The zero-order valence-electron chi connectivity index (χ0n) is 14.9. The third kappa shape index (κ3) is 3.21. The second-order valence-electron chi connectivity index (χ2n) is 5.93. The van der Waals surface area contributed by atoms with Crippen LogP contribution < -0.4 is 24.3 Å². The molecule has 0 bridgehead atoms. The zero-order chi connectivity index (χ0) is 18.8. The molecule has 4 rings (SSSR count). The summed E-state index contributed by atoms with van der Waals surface area (Å²) in [6.07, 6.45) is -0.416. The monoisotopic (exact) mass is 370 g/mol. The summed E-state index contributed by atoms with van der Waals surface area (Å²) < 4.78 is 21.3. The number of ether oxygens (including phenoxy) is 4. The summed E-state index contributed by atoms with van der Waals surface area (Å²) in [7, 11) is 3.12. The Bertz CT molecular complexity index is 911. The third-order valence-electron chi connectivity index (χ3n) is 4.32. The number of oxime groups is 1. The van der Waals surface area contributed by atoms with Gasteiger partial charge in [0.05, 0.1) is 19.9 Å². The summed E-state index contributed by atoms with van der Waals surface area (Å²) in [5, 5.41) is 6.88. The molecule has 2 aromatic rings. The van der Waals surface area contributed by atoms with E-state index in [4.69, 9.17) is 23.8 Å². The summed E-state index contributed by atoms with van der Waals surface area (Å²) in [4.78, 5) is 17.9. The van der Waals surface area contributed by atoms with Crippen molar-refractivity contribution in [1.29, 1.82) is 0 Å². The van der Waals surface area contributed by atoms with E-state index in [-0.39, 0.29) is 12.7 Å². The van der Waals surface area contributed by atoms with Crippen LogP contribution in [0.2, 0.25) is 0 Å². The van der Waals surface area contributed by atoms with E-state index in [1.807, 2.05) is 12.1 Å². The minimum atomic E-state index is -0.735. The highest BCUT2D eigenvalue weighted by Crippen LogP contribution is 2.35. The van der Waals surface area contributed by atoms with E-state index < -0.39 is 6.10 Å². The molecular weight excluding hydrogens is 352 g/mol. The first-order valence-electron chi connectivity index (χ1n) is 8.34. The van der Waals surface area contributed by atoms with Crippen LogP contribution in [0.3, 0.4) is 0 Å². The average molecular weight is 370 g/mol. The highest BCUT2D eigenvalue weighted by Gasteiger charge is 2.31. The molecule has 140 valence electrons.